The van der Waals surface area contributed by atoms with Crippen molar-refractivity contribution in [1.82, 2.24) is 4.90 Å². The average Bonchev–Trinajstić information content (AvgIpc) is 3.01. The molecular weight excluding hydrogens is 262 g/mol. The lowest BCUT2D eigenvalue weighted by atomic mass is 10.1. The number of likely N-dealkylation sites (N-methyl/N-ethyl adjacent to an activating group) is 1. The van der Waals surface area contributed by atoms with Gasteiger partial charge in [0.15, 0.2) is 0 Å². The number of hydrogen-bond acceptors (Lipinski definition) is 3. The first-order valence-electron chi connectivity index (χ1n) is 7.85. The normalized spacial score (nSPS) is 17.8. The van der Waals surface area contributed by atoms with Gasteiger partial charge in [0.2, 0.25) is 0 Å². The van der Waals surface area contributed by atoms with Crippen LogP contribution in [0.2, 0.25) is 0 Å². The van der Waals surface area contributed by atoms with Crippen LogP contribution in [0.3, 0.4) is 0 Å². The molecule has 1 aliphatic heterocycles. The number of hydrogen-bond donors (Lipinski definition) is 1. The van der Waals surface area contributed by atoms with Gasteiger partial charge in [-0.05, 0) is 31.0 Å². The quantitative estimate of drug-likeness (QED) is 0.816. The monoisotopic (exact) mass is 287 g/mol. The lowest BCUT2D eigenvalue weighted by molar-refractivity contribution is 0.0724. The highest BCUT2D eigenvalue weighted by Gasteiger charge is 2.18. The van der Waals surface area contributed by atoms with Crippen molar-refractivity contribution in [2.24, 2.45) is 0 Å². The molecule has 0 amide bonds. The van der Waals surface area contributed by atoms with Crippen LogP contribution >= 0.6 is 0 Å². The van der Waals surface area contributed by atoms with Gasteiger partial charge in [0.05, 0.1) is 12.7 Å². The number of aliphatic hydroxyl groups is 1. The van der Waals surface area contributed by atoms with Crippen molar-refractivity contribution in [3.8, 4) is 11.8 Å². The van der Waals surface area contributed by atoms with Crippen molar-refractivity contribution >= 4 is 0 Å². The van der Waals surface area contributed by atoms with E-state index in [-0.39, 0.29) is 6.61 Å². The highest BCUT2D eigenvalue weighted by molar-refractivity contribution is 5.41. The minimum Gasteiger partial charge on any atom is -0.395 e. The van der Waals surface area contributed by atoms with Crippen LogP contribution < -0.4 is 0 Å². The molecule has 1 saturated heterocycles. The van der Waals surface area contributed by atoms with Crippen LogP contribution in [0.25, 0.3) is 0 Å². The Balaban J connectivity index is 2.01. The molecule has 0 bridgehead atoms. The highest BCUT2D eigenvalue weighted by Crippen LogP contribution is 2.16. The van der Waals surface area contributed by atoms with Crippen LogP contribution in [0.4, 0.5) is 0 Å². The maximum absolute atomic E-state index is 8.83. The molecule has 2 rings (SSSR count). The third-order valence-corrected chi connectivity index (χ3v) is 3.80. The Labute approximate surface area is 127 Å². The van der Waals surface area contributed by atoms with Crippen LogP contribution in [0.15, 0.2) is 24.3 Å². The second-order valence-electron chi connectivity index (χ2n) is 5.40. The Bertz CT molecular complexity index is 483. The molecule has 1 fully saturated rings. The molecule has 114 valence electrons. The molecule has 1 aromatic rings. The minimum atomic E-state index is 0.120. The molecule has 1 aromatic carbocycles. The predicted molar refractivity (Wildman–Crippen MR) is 84.9 cm³/mol. The number of benzene rings is 1. The van der Waals surface area contributed by atoms with E-state index in [4.69, 9.17) is 9.84 Å². The Morgan fingerprint density at radius 1 is 1.38 bits per heavy atom. The van der Waals surface area contributed by atoms with Gasteiger partial charge in [-0.25, -0.2) is 0 Å². The summed E-state index contributed by atoms with van der Waals surface area (Å²) < 4.78 is 5.74. The standard InChI is InChI=1S/C18H25NO2/c1-2-19(15-18-11-7-13-21-18)14-17-10-4-3-8-16(17)9-5-6-12-20/h3-4,8,10,18,20H,2,6-7,11-15H2,1H3. The molecule has 1 N–H and O–H groups in total. The first-order valence-corrected chi connectivity index (χ1v) is 7.85. The van der Waals surface area contributed by atoms with Crippen molar-refractivity contribution in [1.29, 1.82) is 0 Å². The van der Waals surface area contributed by atoms with E-state index in [1.54, 1.807) is 0 Å². The first-order chi connectivity index (χ1) is 10.3. The van der Waals surface area contributed by atoms with Gasteiger partial charge in [-0.2, -0.15) is 0 Å². The van der Waals surface area contributed by atoms with E-state index in [2.05, 4.69) is 41.9 Å². The molecule has 1 atom stereocenters. The van der Waals surface area contributed by atoms with Gasteiger partial charge in [0.25, 0.3) is 0 Å². The fourth-order valence-corrected chi connectivity index (χ4v) is 2.62. The van der Waals surface area contributed by atoms with E-state index in [9.17, 15) is 0 Å². The maximum atomic E-state index is 8.83. The summed E-state index contributed by atoms with van der Waals surface area (Å²) in [6, 6.07) is 8.27. The summed E-state index contributed by atoms with van der Waals surface area (Å²) in [5.41, 5.74) is 2.32. The summed E-state index contributed by atoms with van der Waals surface area (Å²) >= 11 is 0. The van der Waals surface area contributed by atoms with Gasteiger partial charge in [-0.1, -0.05) is 37.0 Å². The smallest absolute Gasteiger partial charge is 0.0702 e. The van der Waals surface area contributed by atoms with E-state index in [1.165, 1.54) is 18.4 Å². The van der Waals surface area contributed by atoms with E-state index in [1.807, 2.05) is 6.07 Å². The van der Waals surface area contributed by atoms with Gasteiger partial charge in [0.1, 0.15) is 0 Å². The van der Waals surface area contributed by atoms with Gasteiger partial charge in [-0.15, -0.1) is 0 Å². The van der Waals surface area contributed by atoms with Gasteiger partial charge in [-0.3, -0.25) is 4.90 Å². The molecule has 0 spiro atoms. The molecule has 1 unspecified atom stereocenters. The predicted octanol–water partition coefficient (Wildman–Crippen LogP) is 2.42. The molecule has 21 heavy (non-hydrogen) atoms. The third kappa shape index (κ3) is 5.17. The Hall–Kier alpha value is -1.34. The zero-order valence-corrected chi connectivity index (χ0v) is 12.8. The second kappa shape index (κ2) is 8.84. The molecule has 0 aliphatic carbocycles. The lowest BCUT2D eigenvalue weighted by Crippen LogP contribution is -2.31. The van der Waals surface area contributed by atoms with E-state index in [0.717, 1.165) is 31.8 Å². The van der Waals surface area contributed by atoms with Gasteiger partial charge in [0, 0.05) is 31.7 Å². The second-order valence-corrected chi connectivity index (χ2v) is 5.40. The van der Waals surface area contributed by atoms with E-state index in [0.29, 0.717) is 12.5 Å². The van der Waals surface area contributed by atoms with Crippen LogP contribution in [0.5, 0.6) is 0 Å². The van der Waals surface area contributed by atoms with Gasteiger partial charge >= 0.3 is 0 Å². The summed E-state index contributed by atoms with van der Waals surface area (Å²) in [6.07, 6.45) is 3.28. The van der Waals surface area contributed by atoms with E-state index < -0.39 is 0 Å². The van der Waals surface area contributed by atoms with Crippen molar-refractivity contribution in [3.63, 3.8) is 0 Å². The molecular formula is C18H25NO2. The number of nitrogens with zero attached hydrogens (tertiary/aromatic N) is 1. The largest absolute Gasteiger partial charge is 0.395 e. The molecule has 0 saturated carbocycles. The fraction of sp³-hybridized carbons (Fsp3) is 0.556. The first kappa shape index (κ1) is 16.0. The number of ether oxygens (including phenoxy) is 1. The van der Waals surface area contributed by atoms with Crippen molar-refractivity contribution in [2.45, 2.75) is 38.8 Å². The van der Waals surface area contributed by atoms with Crippen molar-refractivity contribution in [3.05, 3.63) is 35.4 Å². The SMILES string of the molecule is CCN(Cc1ccccc1C#CCCO)CC1CCCO1. The zero-order valence-electron chi connectivity index (χ0n) is 12.8. The Morgan fingerprint density at radius 3 is 2.95 bits per heavy atom. The maximum Gasteiger partial charge on any atom is 0.0702 e. The zero-order chi connectivity index (χ0) is 14.9. The molecule has 1 aliphatic rings. The molecule has 0 radical (unpaired) electrons. The lowest BCUT2D eigenvalue weighted by Gasteiger charge is -2.24. The number of rotatable bonds is 6. The third-order valence-electron chi connectivity index (χ3n) is 3.80. The van der Waals surface area contributed by atoms with Crippen LogP contribution in [-0.2, 0) is 11.3 Å². The summed E-state index contributed by atoms with van der Waals surface area (Å²) in [6.45, 7) is 6.13. The van der Waals surface area contributed by atoms with Crippen molar-refractivity contribution in [2.75, 3.05) is 26.3 Å². The van der Waals surface area contributed by atoms with Gasteiger partial charge < -0.3 is 9.84 Å². The van der Waals surface area contributed by atoms with Crippen LogP contribution in [-0.4, -0.2) is 42.4 Å². The van der Waals surface area contributed by atoms with E-state index >= 15 is 0 Å². The number of aliphatic hydroxyl groups excluding tert-OH is 1. The molecule has 3 nitrogen and oxygen atoms in total. The summed E-state index contributed by atoms with van der Waals surface area (Å²) in [5.74, 6) is 6.18. The van der Waals surface area contributed by atoms with Crippen LogP contribution in [0.1, 0.15) is 37.3 Å². The summed E-state index contributed by atoms with van der Waals surface area (Å²) in [7, 11) is 0. The topological polar surface area (TPSA) is 32.7 Å². The molecule has 3 heteroatoms. The summed E-state index contributed by atoms with van der Waals surface area (Å²) in [4.78, 5) is 2.42. The fourth-order valence-electron chi connectivity index (χ4n) is 2.62. The molecule has 0 aromatic heterocycles. The van der Waals surface area contributed by atoms with Crippen molar-refractivity contribution < 1.29 is 9.84 Å². The molecule has 1 heterocycles. The average molecular weight is 287 g/mol. The van der Waals surface area contributed by atoms with Crippen LogP contribution in [0, 0.1) is 11.8 Å². The Kier molecular flexibility index (Phi) is 6.75. The Morgan fingerprint density at radius 2 is 2.24 bits per heavy atom. The minimum absolute atomic E-state index is 0.120. The summed E-state index contributed by atoms with van der Waals surface area (Å²) in [5, 5.41) is 8.83. The highest BCUT2D eigenvalue weighted by atomic mass is 16.5.